The number of benzene rings is 2. The zero-order valence-electron chi connectivity index (χ0n) is 54.1. The quantitative estimate of drug-likeness (QED) is 0.145. The van der Waals surface area contributed by atoms with E-state index >= 15 is 0 Å². The van der Waals surface area contributed by atoms with Gasteiger partial charge in [0.05, 0.1) is 0 Å². The summed E-state index contributed by atoms with van der Waals surface area (Å²) in [7, 11) is 0. The van der Waals surface area contributed by atoms with Crippen molar-refractivity contribution in [3.05, 3.63) is 66.8 Å². The van der Waals surface area contributed by atoms with Crippen LogP contribution in [0.25, 0.3) is 42.5 Å². The second-order valence-corrected chi connectivity index (χ2v) is 28.6. The molecule has 0 spiro atoms. The number of carbonyl (C=O) groups is 4. The number of rotatable bonds is 16. The molecule has 484 valence electrons. The first-order valence-electron chi connectivity index (χ1n) is 26.1. The zero-order chi connectivity index (χ0) is 61.1. The van der Waals surface area contributed by atoms with Crippen molar-refractivity contribution in [1.82, 2.24) is 0 Å². The van der Waals surface area contributed by atoms with Crippen molar-refractivity contribution >= 4 is 69.4 Å². The summed E-state index contributed by atoms with van der Waals surface area (Å²) in [5, 5.41) is 75.1. The van der Waals surface area contributed by atoms with Gasteiger partial charge >= 0.3 is 0 Å². The summed E-state index contributed by atoms with van der Waals surface area (Å²) in [5.74, 6) is -4.33. The maximum atomic E-state index is 8.89. The number of carboxylic acids is 4. The molecule has 0 amide bonds. The van der Waals surface area contributed by atoms with E-state index in [-0.39, 0.29) is 125 Å². The van der Waals surface area contributed by atoms with E-state index in [0.29, 0.717) is 0 Å². The predicted molar refractivity (Wildman–Crippen MR) is 314 cm³/mol. The van der Waals surface area contributed by atoms with E-state index in [1.807, 2.05) is 0 Å². The average Bonchev–Trinajstić information content (AvgIpc) is 3.15. The molecule has 2 rings (SSSR count). The van der Waals surface area contributed by atoms with Crippen LogP contribution in [0.1, 0.15) is 194 Å². The minimum atomic E-state index is -1.08. The van der Waals surface area contributed by atoms with Gasteiger partial charge in [0.25, 0.3) is 0 Å². The Bertz CT molecular complexity index is 1610. The van der Waals surface area contributed by atoms with Gasteiger partial charge in [-0.25, -0.2) is 0 Å². The molecule has 0 unspecified atom stereocenters. The molecular weight excluding hydrogens is 1390 g/mol. The minimum Gasteiger partial charge on any atom is -0.685 e. The predicted octanol–water partition coefficient (Wildman–Crippen LogP) is 14.8. The minimum absolute atomic E-state index is 0. The summed E-state index contributed by atoms with van der Waals surface area (Å²) in [6.07, 6.45) is 0. The van der Waals surface area contributed by atoms with Crippen LogP contribution in [-0.2, 0) is 101 Å². The molecule has 0 saturated heterocycles. The third kappa shape index (κ3) is 69.6. The van der Waals surface area contributed by atoms with Crippen LogP contribution >= 0.6 is 0 Å². The molecule has 0 saturated carbocycles. The summed E-state index contributed by atoms with van der Waals surface area (Å²) in [6, 6.07) is 8.39. The molecule has 2 aromatic carbocycles. The van der Waals surface area contributed by atoms with Crippen molar-refractivity contribution < 1.29 is 121 Å². The molecule has 2 aromatic rings. The van der Waals surface area contributed by atoms with E-state index in [9.17, 15) is 0 Å². The maximum Gasteiger partial charge on any atom is 0.0383 e. The van der Waals surface area contributed by atoms with Gasteiger partial charge in [-0.3, -0.25) is 0 Å². The van der Waals surface area contributed by atoms with Gasteiger partial charge in [0.15, 0.2) is 0 Å². The summed E-state index contributed by atoms with van der Waals surface area (Å²) in [6.45, 7) is 62.9. The number of carbonyl (C=O) groups excluding carboxylic acids is 4. The number of hydrogen-bond donors (Lipinski definition) is 0. The number of hydrogen-bond acceptors (Lipinski definition) is 8. The largest absolute Gasteiger partial charge is 0.685 e. The molecule has 0 heterocycles. The molecule has 0 bridgehead atoms. The smallest absolute Gasteiger partial charge is 0.0383 e. The topological polar surface area (TPSA) is 273 Å². The first-order chi connectivity index (χ1) is 33.6. The molecule has 16 nitrogen and oxygen atoms in total. The van der Waals surface area contributed by atoms with Crippen molar-refractivity contribution in [3.8, 4) is 0 Å². The Morgan fingerprint density at radius 1 is 0.250 bits per heavy atom. The van der Waals surface area contributed by atoms with E-state index in [1.54, 1.807) is 0 Å². The molecule has 0 aliphatic rings. The standard InChI is InChI=1S/2C26H46N4.4C2H4O2.4Pd/c2*1-23(2,3)15-27-19-13-21(29-17-25(7,8)9)22(30-18-26(10,11)12)14-20(19)28-16-24(4,5)6;4*1-2(3)4;;;;/h2*13-14H,15-18H2,1-12H3;4*1H3,(H,3,4);;;;/q2*-4;;;;;;;;/p-4. The van der Waals surface area contributed by atoms with Crippen LogP contribution in [0.5, 0.6) is 0 Å². The van der Waals surface area contributed by atoms with E-state index in [4.69, 9.17) is 82.1 Å². The fourth-order valence-corrected chi connectivity index (χ4v) is 4.70. The molecule has 0 aliphatic heterocycles. The van der Waals surface area contributed by atoms with Crippen molar-refractivity contribution in [2.24, 2.45) is 43.3 Å². The van der Waals surface area contributed by atoms with Crippen LogP contribution in [0.15, 0.2) is 24.3 Å². The van der Waals surface area contributed by atoms with Crippen LogP contribution in [0.3, 0.4) is 0 Å². The summed E-state index contributed by atoms with van der Waals surface area (Å²) >= 11 is 0. The zero-order valence-corrected chi connectivity index (χ0v) is 60.3. The first kappa shape index (κ1) is 93.8. The molecule has 0 aliphatic carbocycles. The van der Waals surface area contributed by atoms with Gasteiger partial charge in [0.1, 0.15) is 0 Å². The number of aliphatic carboxylic acids is 4. The first-order valence-corrected chi connectivity index (χ1v) is 26.1. The van der Waals surface area contributed by atoms with E-state index in [2.05, 4.69) is 190 Å². The molecular formula is C60H104N8O8Pd4-12. The van der Waals surface area contributed by atoms with Gasteiger partial charge in [-0.1, -0.05) is 234 Å². The maximum absolute atomic E-state index is 8.89. The van der Waals surface area contributed by atoms with Gasteiger partial charge in [-0.05, 0) is 27.7 Å². The molecule has 0 fully saturated rings. The fraction of sp³-hybridized carbons (Fsp3) is 0.733. The monoisotopic (exact) mass is 1490 g/mol. The molecule has 0 N–H and O–H groups in total. The van der Waals surface area contributed by atoms with Gasteiger partial charge in [-0.15, -0.1) is 52.4 Å². The van der Waals surface area contributed by atoms with Crippen LogP contribution in [0.2, 0.25) is 0 Å². The van der Waals surface area contributed by atoms with Crippen LogP contribution in [-0.4, -0.2) is 76.2 Å². The Morgan fingerprint density at radius 3 is 0.362 bits per heavy atom. The second-order valence-electron chi connectivity index (χ2n) is 28.6. The van der Waals surface area contributed by atoms with Crippen LogP contribution in [0, 0.1) is 43.3 Å². The average molecular weight is 1490 g/mol. The van der Waals surface area contributed by atoms with E-state index in [0.717, 1.165) is 126 Å². The van der Waals surface area contributed by atoms with E-state index < -0.39 is 23.9 Å². The van der Waals surface area contributed by atoms with Gasteiger partial charge in [-0.2, -0.15) is 45.5 Å². The third-order valence-electron chi connectivity index (χ3n) is 7.93. The Labute approximate surface area is 542 Å². The summed E-state index contributed by atoms with van der Waals surface area (Å²) < 4.78 is 0. The second kappa shape index (κ2) is 42.2. The molecule has 80 heavy (non-hydrogen) atoms. The van der Waals surface area contributed by atoms with Crippen molar-refractivity contribution in [1.29, 1.82) is 0 Å². The van der Waals surface area contributed by atoms with E-state index in [1.165, 1.54) is 0 Å². The van der Waals surface area contributed by atoms with Gasteiger partial charge < -0.3 is 82.1 Å². The van der Waals surface area contributed by atoms with Crippen molar-refractivity contribution in [3.63, 3.8) is 0 Å². The Morgan fingerprint density at radius 2 is 0.312 bits per heavy atom. The molecule has 0 atom stereocenters. The number of carboxylic acid groups (broad SMARTS) is 4. The summed E-state index contributed by atoms with van der Waals surface area (Å²) in [5.41, 5.74) is 8.41. The molecule has 20 heteroatoms. The SMILES string of the molecule is CC(=O)[O-].CC(=O)[O-].CC(=O)[O-].CC(=O)[O-].CC(C)(C)C[N-]c1cc([N-]CC(C)(C)C)c([N-]CC(C)(C)C)cc1[N-]CC(C)(C)C.CC(C)(C)C[N-]c1cc([N-]CC(C)(C)C)c([N-]CC(C)(C)C)cc1[N-]CC(C)(C)C.[Pd].[Pd].[Pd].[Pd]. The Hall–Kier alpha value is -2.63. The van der Waals surface area contributed by atoms with Crippen LogP contribution < -0.4 is 20.4 Å². The number of nitrogens with zero attached hydrogens (tertiary/aromatic N) is 8. The fourth-order valence-electron chi connectivity index (χ4n) is 4.70. The van der Waals surface area contributed by atoms with Crippen LogP contribution in [0.4, 0.5) is 45.5 Å². The van der Waals surface area contributed by atoms with Gasteiger partial charge in [0, 0.05) is 106 Å². The van der Waals surface area contributed by atoms with Crippen molar-refractivity contribution in [2.75, 3.05) is 52.4 Å². The molecule has 0 radical (unpaired) electrons. The third-order valence-corrected chi connectivity index (χ3v) is 7.93. The normalized spacial score (nSPS) is 11.2. The van der Waals surface area contributed by atoms with Gasteiger partial charge in [0.2, 0.25) is 0 Å². The Kier molecular flexibility index (Phi) is 49.5. The Balaban J connectivity index is -0.000000163. The summed E-state index contributed by atoms with van der Waals surface area (Å²) in [4.78, 5) is 35.6. The molecule has 0 aromatic heterocycles. The van der Waals surface area contributed by atoms with Crippen molar-refractivity contribution in [2.45, 2.75) is 194 Å².